The van der Waals surface area contributed by atoms with E-state index >= 15 is 0 Å². The van der Waals surface area contributed by atoms with Crippen molar-refractivity contribution in [2.45, 2.75) is 129 Å². The Hall–Kier alpha value is -2.00. The van der Waals surface area contributed by atoms with Crippen LogP contribution in [0.25, 0.3) is 0 Å². The van der Waals surface area contributed by atoms with Crippen LogP contribution in [0.15, 0.2) is 24.3 Å². The van der Waals surface area contributed by atoms with E-state index in [9.17, 15) is 20.0 Å². The Labute approximate surface area is 228 Å². The van der Waals surface area contributed by atoms with Crippen LogP contribution in [-0.4, -0.2) is 56.4 Å². The Bertz CT molecular complexity index is 939. The summed E-state index contributed by atoms with van der Waals surface area (Å²) >= 11 is 0. The molecule has 8 nitrogen and oxygen atoms in total. The third kappa shape index (κ3) is 5.79. The van der Waals surface area contributed by atoms with Crippen molar-refractivity contribution in [1.29, 1.82) is 0 Å². The number of piperidine rings is 2. The maximum Gasteiger partial charge on any atom is 0.338 e. The molecule has 2 saturated heterocycles. The normalized spacial score (nSPS) is 31.8. The number of rotatable bonds is 6. The summed E-state index contributed by atoms with van der Waals surface area (Å²) in [5.74, 6) is -0.770. The minimum absolute atomic E-state index is 0.0935. The highest BCUT2D eigenvalue weighted by atomic mass is 16.6. The summed E-state index contributed by atoms with van der Waals surface area (Å²) in [5.41, 5.74) is -1.91. The first-order valence-corrected chi connectivity index (χ1v) is 13.8. The highest BCUT2D eigenvalue weighted by molar-refractivity contribution is 5.93. The van der Waals surface area contributed by atoms with E-state index in [0.717, 1.165) is 0 Å². The van der Waals surface area contributed by atoms with Gasteiger partial charge in [-0.05, 0) is 77.6 Å². The Morgan fingerprint density at radius 1 is 0.658 bits per heavy atom. The predicted molar refractivity (Wildman–Crippen MR) is 143 cm³/mol. The number of esters is 2. The Morgan fingerprint density at radius 3 is 1.21 bits per heavy atom. The third-order valence-corrected chi connectivity index (χ3v) is 9.16. The minimum atomic E-state index is -0.654. The lowest BCUT2D eigenvalue weighted by molar-refractivity contribution is -0.312. The molecule has 2 heterocycles. The van der Waals surface area contributed by atoms with Gasteiger partial charge in [-0.25, -0.2) is 9.59 Å². The van der Waals surface area contributed by atoms with Gasteiger partial charge in [0.2, 0.25) is 0 Å². The van der Waals surface area contributed by atoms with Gasteiger partial charge in [0, 0.05) is 36.8 Å². The molecule has 0 bridgehead atoms. The molecule has 2 fully saturated rings. The average molecular weight is 531 g/mol. The molecular formula is C30H46N2O6. The monoisotopic (exact) mass is 530 g/mol. The fourth-order valence-electron chi connectivity index (χ4n) is 6.18. The maximum atomic E-state index is 13.0. The first-order valence-electron chi connectivity index (χ1n) is 13.8. The van der Waals surface area contributed by atoms with E-state index in [1.54, 1.807) is 24.3 Å². The SMILES string of the molecule is CC(C)C1(C)CC(OC(=O)c2ccc(C(=O)OC3CC(C)(C)N([O])C(C)(C(C)C)C3)cc2)CC(C)(C)N1[O]. The van der Waals surface area contributed by atoms with Gasteiger partial charge in [-0.3, -0.25) is 0 Å². The molecule has 0 aliphatic carbocycles. The molecule has 0 N–H and O–H groups in total. The molecule has 2 radical (unpaired) electrons. The van der Waals surface area contributed by atoms with Crippen LogP contribution in [0.5, 0.6) is 0 Å². The van der Waals surface area contributed by atoms with E-state index in [1.165, 1.54) is 10.1 Å². The van der Waals surface area contributed by atoms with Crippen LogP contribution >= 0.6 is 0 Å². The number of benzene rings is 1. The smallest absolute Gasteiger partial charge is 0.338 e. The van der Waals surface area contributed by atoms with Gasteiger partial charge in [-0.15, -0.1) is 20.5 Å². The lowest BCUT2D eigenvalue weighted by Gasteiger charge is -2.52. The summed E-state index contributed by atoms with van der Waals surface area (Å²) in [7, 11) is 0. The summed E-state index contributed by atoms with van der Waals surface area (Å²) in [6, 6.07) is 6.27. The van der Waals surface area contributed by atoms with Crippen molar-refractivity contribution in [2.75, 3.05) is 0 Å². The summed E-state index contributed by atoms with van der Waals surface area (Å²) in [6.45, 7) is 19.4. The quantitative estimate of drug-likeness (QED) is 0.418. The highest BCUT2D eigenvalue weighted by Crippen LogP contribution is 2.44. The van der Waals surface area contributed by atoms with Crippen LogP contribution in [0.4, 0.5) is 0 Å². The van der Waals surface area contributed by atoms with E-state index < -0.39 is 34.1 Å². The summed E-state index contributed by atoms with van der Waals surface area (Å²) < 4.78 is 11.7. The van der Waals surface area contributed by atoms with Crippen LogP contribution in [0.2, 0.25) is 0 Å². The number of hydrogen-bond acceptors (Lipinski definition) is 6. The van der Waals surface area contributed by atoms with Crippen LogP contribution < -0.4 is 0 Å². The molecule has 4 atom stereocenters. The van der Waals surface area contributed by atoms with Gasteiger partial charge in [-0.2, -0.15) is 0 Å². The van der Waals surface area contributed by atoms with E-state index in [2.05, 4.69) is 0 Å². The zero-order valence-electron chi connectivity index (χ0n) is 24.8. The fraction of sp³-hybridized carbons (Fsp3) is 0.733. The molecule has 0 aromatic heterocycles. The van der Waals surface area contributed by atoms with Crippen molar-refractivity contribution < 1.29 is 29.5 Å². The second kappa shape index (κ2) is 10.5. The van der Waals surface area contributed by atoms with Gasteiger partial charge in [-0.1, -0.05) is 27.7 Å². The average Bonchev–Trinajstić information content (AvgIpc) is 2.80. The first-order chi connectivity index (χ1) is 17.3. The Kier molecular flexibility index (Phi) is 8.46. The third-order valence-electron chi connectivity index (χ3n) is 9.16. The number of carbonyl (C=O) groups is 2. The second-order valence-corrected chi connectivity index (χ2v) is 13.7. The van der Waals surface area contributed by atoms with E-state index in [0.29, 0.717) is 36.8 Å². The van der Waals surface area contributed by atoms with Crippen molar-refractivity contribution in [1.82, 2.24) is 10.1 Å². The largest absolute Gasteiger partial charge is 0.459 e. The van der Waals surface area contributed by atoms with Crippen molar-refractivity contribution in [3.05, 3.63) is 35.4 Å². The molecule has 0 saturated carbocycles. The molecule has 2 aliphatic heterocycles. The topological polar surface area (TPSA) is 98.9 Å². The molecule has 3 rings (SSSR count). The fourth-order valence-corrected chi connectivity index (χ4v) is 6.18. The molecule has 4 unspecified atom stereocenters. The van der Waals surface area contributed by atoms with Crippen LogP contribution in [-0.2, 0) is 19.9 Å². The number of carbonyl (C=O) groups excluding carboxylic acids is 2. The predicted octanol–water partition coefficient (Wildman–Crippen LogP) is 6.01. The number of ether oxygens (including phenoxy) is 2. The Balaban J connectivity index is 1.67. The molecule has 0 spiro atoms. The van der Waals surface area contributed by atoms with E-state index in [-0.39, 0.29) is 24.0 Å². The minimum Gasteiger partial charge on any atom is -0.459 e. The molecule has 2 aliphatic rings. The summed E-state index contributed by atoms with van der Waals surface area (Å²) in [4.78, 5) is 25.9. The lowest BCUT2D eigenvalue weighted by atomic mass is 9.73. The zero-order valence-corrected chi connectivity index (χ0v) is 24.8. The maximum absolute atomic E-state index is 13.0. The molecule has 0 amide bonds. The molecule has 8 heteroatoms. The van der Waals surface area contributed by atoms with Gasteiger partial charge in [0.25, 0.3) is 0 Å². The van der Waals surface area contributed by atoms with Gasteiger partial charge < -0.3 is 9.47 Å². The summed E-state index contributed by atoms with van der Waals surface area (Å²) in [5, 5.41) is 28.3. The zero-order chi connectivity index (χ0) is 28.8. The number of hydroxylamine groups is 4. The first kappa shape index (κ1) is 30.5. The van der Waals surface area contributed by atoms with E-state index in [4.69, 9.17) is 9.47 Å². The molecule has 212 valence electrons. The van der Waals surface area contributed by atoms with Crippen molar-refractivity contribution in [3.63, 3.8) is 0 Å². The lowest BCUT2D eigenvalue weighted by Crippen LogP contribution is -2.63. The summed E-state index contributed by atoms with van der Waals surface area (Å²) in [6.07, 6.45) is 1.05. The molecule has 38 heavy (non-hydrogen) atoms. The highest BCUT2D eigenvalue weighted by Gasteiger charge is 2.52. The standard InChI is InChI=1S/C30H46N2O6/c1-19(2)29(9)17-23(15-27(5,6)31(29)35)37-25(33)21-11-13-22(14-12-21)26(34)38-24-16-28(7,8)32(36)30(10,18-24)20(3)4/h11-14,19-20,23-24H,15-18H2,1-10H3. The second-order valence-electron chi connectivity index (χ2n) is 13.7. The van der Waals surface area contributed by atoms with E-state index in [1.807, 2.05) is 69.2 Å². The van der Waals surface area contributed by atoms with Crippen LogP contribution in [0.3, 0.4) is 0 Å². The number of hydrogen-bond donors (Lipinski definition) is 0. The van der Waals surface area contributed by atoms with Crippen molar-refractivity contribution >= 4 is 11.9 Å². The van der Waals surface area contributed by atoms with Crippen LogP contribution in [0, 0.1) is 11.8 Å². The number of nitrogens with zero attached hydrogens (tertiary/aromatic N) is 2. The molecule has 1 aromatic rings. The van der Waals surface area contributed by atoms with Gasteiger partial charge in [0.1, 0.15) is 12.2 Å². The van der Waals surface area contributed by atoms with Gasteiger partial charge in [0.05, 0.1) is 22.2 Å². The van der Waals surface area contributed by atoms with Gasteiger partial charge in [0.15, 0.2) is 0 Å². The van der Waals surface area contributed by atoms with Crippen LogP contribution in [0.1, 0.15) is 116 Å². The van der Waals surface area contributed by atoms with Gasteiger partial charge >= 0.3 is 11.9 Å². The molecule has 1 aromatic carbocycles. The molecular weight excluding hydrogens is 484 g/mol. The van der Waals surface area contributed by atoms with Crippen molar-refractivity contribution in [2.24, 2.45) is 11.8 Å². The van der Waals surface area contributed by atoms with Crippen molar-refractivity contribution in [3.8, 4) is 0 Å². The Morgan fingerprint density at radius 2 is 0.947 bits per heavy atom.